The monoisotopic (exact) mass is 381 g/mol. The molecule has 0 saturated heterocycles. The SMILES string of the molecule is CCCCC[C@H](C(=O)O)N(C)C(=O)OCC1c2ccccc2-c2ccccc21. The summed E-state index contributed by atoms with van der Waals surface area (Å²) in [6.45, 7) is 2.25. The van der Waals surface area contributed by atoms with Crippen LogP contribution in [0.25, 0.3) is 11.1 Å². The van der Waals surface area contributed by atoms with Crippen molar-refractivity contribution in [3.63, 3.8) is 0 Å². The predicted molar refractivity (Wildman–Crippen MR) is 108 cm³/mol. The van der Waals surface area contributed by atoms with Gasteiger partial charge in [0.2, 0.25) is 0 Å². The van der Waals surface area contributed by atoms with Crippen LogP contribution in [0.15, 0.2) is 48.5 Å². The molecule has 0 saturated carbocycles. The zero-order valence-corrected chi connectivity index (χ0v) is 16.4. The average molecular weight is 381 g/mol. The minimum atomic E-state index is -0.993. The lowest BCUT2D eigenvalue weighted by atomic mass is 9.98. The normalized spacial score (nSPS) is 13.5. The number of fused-ring (bicyclic) bond motifs is 3. The number of unbranched alkanes of at least 4 members (excludes halogenated alkanes) is 2. The molecular weight excluding hydrogens is 354 g/mol. The van der Waals surface area contributed by atoms with Crippen LogP contribution in [0, 0.1) is 0 Å². The number of aliphatic carboxylic acids is 1. The van der Waals surface area contributed by atoms with Crippen LogP contribution in [0.3, 0.4) is 0 Å². The van der Waals surface area contributed by atoms with E-state index in [1.54, 1.807) is 0 Å². The summed E-state index contributed by atoms with van der Waals surface area (Å²) in [5, 5.41) is 9.48. The summed E-state index contributed by atoms with van der Waals surface area (Å²) in [5.74, 6) is -1.03. The van der Waals surface area contributed by atoms with Gasteiger partial charge in [0.05, 0.1) is 0 Å². The van der Waals surface area contributed by atoms with E-state index in [1.807, 2.05) is 24.3 Å². The van der Waals surface area contributed by atoms with E-state index in [-0.39, 0.29) is 12.5 Å². The molecule has 1 N–H and O–H groups in total. The fraction of sp³-hybridized carbons (Fsp3) is 0.391. The lowest BCUT2D eigenvalue weighted by molar-refractivity contribution is -0.142. The van der Waals surface area contributed by atoms with Crippen molar-refractivity contribution in [2.45, 2.75) is 44.6 Å². The van der Waals surface area contributed by atoms with Crippen LogP contribution in [0.4, 0.5) is 4.79 Å². The molecule has 0 bridgehead atoms. The minimum Gasteiger partial charge on any atom is -0.480 e. The molecular formula is C23H27NO4. The molecule has 1 atom stereocenters. The van der Waals surface area contributed by atoms with Gasteiger partial charge < -0.3 is 9.84 Å². The molecule has 148 valence electrons. The van der Waals surface area contributed by atoms with Gasteiger partial charge in [-0.3, -0.25) is 4.90 Å². The van der Waals surface area contributed by atoms with Crippen LogP contribution in [-0.4, -0.2) is 41.8 Å². The fourth-order valence-corrected chi connectivity index (χ4v) is 3.89. The molecule has 0 unspecified atom stereocenters. The van der Waals surface area contributed by atoms with Gasteiger partial charge in [0, 0.05) is 13.0 Å². The first kappa shape index (κ1) is 19.9. The van der Waals surface area contributed by atoms with E-state index in [9.17, 15) is 14.7 Å². The Balaban J connectivity index is 1.69. The van der Waals surface area contributed by atoms with Gasteiger partial charge in [-0.15, -0.1) is 0 Å². The number of ether oxygens (including phenoxy) is 1. The molecule has 0 aliphatic heterocycles. The van der Waals surface area contributed by atoms with E-state index in [0.717, 1.165) is 41.5 Å². The Morgan fingerprint density at radius 2 is 1.61 bits per heavy atom. The predicted octanol–water partition coefficient (Wildman–Crippen LogP) is 4.90. The van der Waals surface area contributed by atoms with E-state index < -0.39 is 18.1 Å². The van der Waals surface area contributed by atoms with Crippen molar-refractivity contribution in [2.24, 2.45) is 0 Å². The first-order valence-corrected chi connectivity index (χ1v) is 9.85. The number of carboxylic acids is 1. The quantitative estimate of drug-likeness (QED) is 0.661. The second-order valence-electron chi connectivity index (χ2n) is 7.26. The molecule has 0 fully saturated rings. The number of carboxylic acid groups (broad SMARTS) is 1. The first-order chi connectivity index (χ1) is 13.5. The van der Waals surface area contributed by atoms with E-state index in [1.165, 1.54) is 11.9 Å². The molecule has 0 spiro atoms. The topological polar surface area (TPSA) is 66.8 Å². The fourth-order valence-electron chi connectivity index (χ4n) is 3.89. The highest BCUT2D eigenvalue weighted by atomic mass is 16.6. The maximum atomic E-state index is 12.5. The third kappa shape index (κ3) is 4.03. The zero-order chi connectivity index (χ0) is 20.1. The van der Waals surface area contributed by atoms with Crippen molar-refractivity contribution in [2.75, 3.05) is 13.7 Å². The number of rotatable bonds is 8. The largest absolute Gasteiger partial charge is 0.480 e. The Morgan fingerprint density at radius 3 is 2.14 bits per heavy atom. The van der Waals surface area contributed by atoms with Crippen LogP contribution < -0.4 is 0 Å². The summed E-state index contributed by atoms with van der Waals surface area (Å²) in [6, 6.07) is 15.4. The summed E-state index contributed by atoms with van der Waals surface area (Å²) in [4.78, 5) is 25.3. The molecule has 3 rings (SSSR count). The smallest absolute Gasteiger partial charge is 0.410 e. The van der Waals surface area contributed by atoms with Crippen molar-refractivity contribution in [3.05, 3.63) is 59.7 Å². The van der Waals surface area contributed by atoms with Crippen molar-refractivity contribution in [1.82, 2.24) is 4.90 Å². The summed E-state index contributed by atoms with van der Waals surface area (Å²) in [7, 11) is 1.50. The number of hydrogen-bond acceptors (Lipinski definition) is 3. The minimum absolute atomic E-state index is 0.0341. The maximum Gasteiger partial charge on any atom is 0.410 e. The Bertz CT molecular complexity index is 803. The van der Waals surface area contributed by atoms with Gasteiger partial charge >= 0.3 is 12.1 Å². The highest BCUT2D eigenvalue weighted by Crippen LogP contribution is 2.44. The highest BCUT2D eigenvalue weighted by Gasteiger charge is 2.31. The van der Waals surface area contributed by atoms with Crippen LogP contribution in [0.1, 0.15) is 49.7 Å². The van der Waals surface area contributed by atoms with E-state index >= 15 is 0 Å². The molecule has 2 aromatic rings. The molecule has 2 aromatic carbocycles. The molecule has 1 aliphatic rings. The summed E-state index contributed by atoms with van der Waals surface area (Å²) in [5.41, 5.74) is 4.60. The summed E-state index contributed by atoms with van der Waals surface area (Å²) >= 11 is 0. The van der Waals surface area contributed by atoms with Crippen molar-refractivity contribution in [3.8, 4) is 11.1 Å². The number of nitrogens with zero attached hydrogens (tertiary/aromatic N) is 1. The molecule has 28 heavy (non-hydrogen) atoms. The van der Waals surface area contributed by atoms with Crippen molar-refractivity contribution >= 4 is 12.1 Å². The first-order valence-electron chi connectivity index (χ1n) is 9.85. The maximum absolute atomic E-state index is 12.5. The van der Waals surface area contributed by atoms with Crippen LogP contribution in [-0.2, 0) is 9.53 Å². The zero-order valence-electron chi connectivity index (χ0n) is 16.4. The highest BCUT2D eigenvalue weighted by molar-refractivity contribution is 5.81. The lowest BCUT2D eigenvalue weighted by Crippen LogP contribution is -2.43. The molecule has 5 nitrogen and oxygen atoms in total. The third-order valence-corrected chi connectivity index (χ3v) is 5.46. The van der Waals surface area contributed by atoms with Gasteiger partial charge in [0.1, 0.15) is 12.6 Å². The molecule has 1 aliphatic carbocycles. The van der Waals surface area contributed by atoms with E-state index in [0.29, 0.717) is 6.42 Å². The molecule has 0 radical (unpaired) electrons. The van der Waals surface area contributed by atoms with Gasteiger partial charge in [-0.2, -0.15) is 0 Å². The number of likely N-dealkylation sites (N-methyl/N-ethyl adjacent to an activating group) is 1. The van der Waals surface area contributed by atoms with Crippen LogP contribution >= 0.6 is 0 Å². The van der Waals surface area contributed by atoms with Crippen LogP contribution in [0.2, 0.25) is 0 Å². The molecule has 0 aromatic heterocycles. The number of benzene rings is 2. The number of hydrogen-bond donors (Lipinski definition) is 1. The third-order valence-electron chi connectivity index (χ3n) is 5.46. The summed E-state index contributed by atoms with van der Waals surface area (Å²) in [6.07, 6.45) is 2.56. The Morgan fingerprint density at radius 1 is 1.04 bits per heavy atom. The molecule has 1 amide bonds. The molecule has 0 heterocycles. The van der Waals surface area contributed by atoms with Gasteiger partial charge in [-0.25, -0.2) is 9.59 Å². The number of carbonyl (C=O) groups excluding carboxylic acids is 1. The standard InChI is InChI=1S/C23H27NO4/c1-3-4-5-14-21(22(25)26)24(2)23(27)28-15-20-18-12-8-6-10-16(18)17-11-7-9-13-19(17)20/h6-13,20-21H,3-5,14-15H2,1-2H3,(H,25,26)/t21-/m1/s1. The number of carbonyl (C=O) groups is 2. The lowest BCUT2D eigenvalue weighted by Gasteiger charge is -2.25. The average Bonchev–Trinajstić information content (AvgIpc) is 3.02. The summed E-state index contributed by atoms with van der Waals surface area (Å²) < 4.78 is 5.56. The van der Waals surface area contributed by atoms with Gasteiger partial charge in [-0.05, 0) is 28.7 Å². The van der Waals surface area contributed by atoms with E-state index in [2.05, 4.69) is 31.2 Å². The van der Waals surface area contributed by atoms with Gasteiger partial charge in [-0.1, -0.05) is 74.7 Å². The van der Waals surface area contributed by atoms with Gasteiger partial charge in [0.15, 0.2) is 0 Å². The Kier molecular flexibility index (Phi) is 6.34. The van der Waals surface area contributed by atoms with Crippen molar-refractivity contribution in [1.29, 1.82) is 0 Å². The second kappa shape index (κ2) is 8.91. The van der Waals surface area contributed by atoms with E-state index in [4.69, 9.17) is 4.74 Å². The Hall–Kier alpha value is -2.82. The van der Waals surface area contributed by atoms with Gasteiger partial charge in [0.25, 0.3) is 0 Å². The van der Waals surface area contributed by atoms with Crippen LogP contribution in [0.5, 0.6) is 0 Å². The molecule has 5 heteroatoms. The Labute approximate surface area is 165 Å². The second-order valence-corrected chi connectivity index (χ2v) is 7.26. The van der Waals surface area contributed by atoms with Crippen molar-refractivity contribution < 1.29 is 19.4 Å². The number of amides is 1.